The van der Waals surface area contributed by atoms with Gasteiger partial charge in [-0.05, 0) is 36.8 Å². The number of benzene rings is 2. The fraction of sp³-hybridized carbons (Fsp3) is 0.375. The zero-order valence-electron chi connectivity index (χ0n) is 24.1. The van der Waals surface area contributed by atoms with Gasteiger partial charge in [0.15, 0.2) is 11.6 Å². The lowest BCUT2D eigenvalue weighted by atomic mass is 9.91. The molecule has 0 bridgehead atoms. The topological polar surface area (TPSA) is 119 Å². The number of carbonyl (C=O) groups excluding carboxylic acids is 2. The van der Waals surface area contributed by atoms with Crippen LogP contribution in [0.2, 0.25) is 0 Å². The van der Waals surface area contributed by atoms with Crippen LogP contribution < -0.4 is 0 Å². The lowest BCUT2D eigenvalue weighted by molar-refractivity contribution is 0.0964. The Kier molecular flexibility index (Phi) is 16.3. The third kappa shape index (κ3) is 12.0. The number of aryl methyl sites for hydroxylation is 2. The first-order valence-electron chi connectivity index (χ1n) is 13.8. The quantitative estimate of drug-likeness (QED) is 0.369. The Morgan fingerprint density at radius 3 is 1.59 bits per heavy atom. The Bertz CT molecular complexity index is 1200. The van der Waals surface area contributed by atoms with Gasteiger partial charge in [0.25, 0.3) is 0 Å². The van der Waals surface area contributed by atoms with Crippen LogP contribution in [-0.2, 0) is 30.7 Å². The van der Waals surface area contributed by atoms with E-state index in [1.807, 2.05) is 70.1 Å². The van der Waals surface area contributed by atoms with Crippen LogP contribution in [0, 0.1) is 0 Å². The molecule has 220 valence electrons. The number of fused-ring (bicyclic) bond motifs is 2. The van der Waals surface area contributed by atoms with E-state index >= 15 is 0 Å². The highest BCUT2D eigenvalue weighted by molar-refractivity contribution is 5.98. The Balaban J connectivity index is 0.000000189. The maximum Gasteiger partial charge on any atom is 0.163 e. The van der Waals surface area contributed by atoms with Crippen LogP contribution in [0.3, 0.4) is 0 Å². The fourth-order valence-corrected chi connectivity index (χ4v) is 4.32. The molecule has 0 fully saturated rings. The number of carbonyl (C=O) groups is 2. The summed E-state index contributed by atoms with van der Waals surface area (Å²) in [5, 5.41) is 15.4. The maximum atomic E-state index is 11.3. The molecule has 0 aliphatic heterocycles. The number of imidazole rings is 2. The van der Waals surface area contributed by atoms with Gasteiger partial charge < -0.3 is 24.1 Å². The third-order valence-electron chi connectivity index (χ3n) is 6.37. The van der Waals surface area contributed by atoms with E-state index in [1.54, 1.807) is 32.2 Å². The number of nitrogens with zero attached hydrogens (tertiary/aromatic N) is 4. The minimum absolute atomic E-state index is 0.177. The second kappa shape index (κ2) is 20.0. The minimum Gasteiger partial charge on any atom is -0.400 e. The maximum absolute atomic E-state index is 11.3. The van der Waals surface area contributed by atoms with Crippen molar-refractivity contribution < 1.29 is 24.5 Å². The van der Waals surface area contributed by atoms with Crippen LogP contribution in [0.25, 0.3) is 0 Å². The van der Waals surface area contributed by atoms with Crippen LogP contribution in [0.1, 0.15) is 57.5 Å². The summed E-state index contributed by atoms with van der Waals surface area (Å²) in [4.78, 5) is 30.2. The van der Waals surface area contributed by atoms with E-state index in [-0.39, 0.29) is 6.61 Å². The largest absolute Gasteiger partial charge is 0.400 e. The molecule has 2 aliphatic rings. The van der Waals surface area contributed by atoms with Gasteiger partial charge in [-0.3, -0.25) is 9.59 Å². The van der Waals surface area contributed by atoms with Gasteiger partial charge in [-0.1, -0.05) is 48.5 Å². The van der Waals surface area contributed by atoms with E-state index in [0.717, 1.165) is 69.9 Å². The Morgan fingerprint density at radius 2 is 1.20 bits per heavy atom. The average molecular weight is 563 g/mol. The first-order chi connectivity index (χ1) is 20.1. The second-order valence-electron chi connectivity index (χ2n) is 9.19. The SMILES string of the molecule is CO.COCCn1ccnc1.O=C1CCCc2ccccc21.O=C1CCCc2ccccc21.OCCn1ccnc1. The number of ether oxygens (including phenoxy) is 1. The molecule has 2 aliphatic carbocycles. The van der Waals surface area contributed by atoms with Crippen molar-refractivity contribution in [2.75, 3.05) is 27.4 Å². The first kappa shape index (κ1) is 33.3. The number of Topliss-reactive ketones (excluding diaryl/α,β-unsaturated/α-hetero) is 2. The molecule has 41 heavy (non-hydrogen) atoms. The van der Waals surface area contributed by atoms with E-state index in [4.69, 9.17) is 14.9 Å². The van der Waals surface area contributed by atoms with E-state index < -0.39 is 0 Å². The van der Waals surface area contributed by atoms with Crippen molar-refractivity contribution >= 4 is 11.6 Å². The highest BCUT2D eigenvalue weighted by atomic mass is 16.5. The normalized spacial score (nSPS) is 12.9. The number of aromatic nitrogens is 4. The molecule has 0 saturated carbocycles. The number of rotatable bonds is 5. The van der Waals surface area contributed by atoms with Crippen LogP contribution >= 0.6 is 0 Å². The van der Waals surface area contributed by atoms with Gasteiger partial charge in [0.05, 0.1) is 25.9 Å². The fourth-order valence-electron chi connectivity index (χ4n) is 4.32. The number of hydrogen-bond donors (Lipinski definition) is 2. The zero-order valence-corrected chi connectivity index (χ0v) is 24.1. The molecule has 6 rings (SSSR count). The van der Waals surface area contributed by atoms with Gasteiger partial charge in [-0.25, -0.2) is 9.97 Å². The molecule has 4 aromatic rings. The average Bonchev–Trinajstić information content (AvgIpc) is 3.74. The summed E-state index contributed by atoms with van der Waals surface area (Å²) < 4.78 is 8.66. The molecule has 2 aromatic carbocycles. The third-order valence-corrected chi connectivity index (χ3v) is 6.37. The summed E-state index contributed by atoms with van der Waals surface area (Å²) >= 11 is 0. The molecule has 0 spiro atoms. The van der Waals surface area contributed by atoms with Crippen molar-refractivity contribution in [2.45, 2.75) is 51.6 Å². The van der Waals surface area contributed by atoms with Gasteiger partial charge in [-0.15, -0.1) is 0 Å². The van der Waals surface area contributed by atoms with E-state index in [1.165, 1.54) is 11.1 Å². The van der Waals surface area contributed by atoms with Gasteiger partial charge >= 0.3 is 0 Å². The van der Waals surface area contributed by atoms with Gasteiger partial charge in [0.2, 0.25) is 0 Å². The number of aliphatic hydroxyl groups is 2. The predicted octanol–water partition coefficient (Wildman–Crippen LogP) is 4.42. The van der Waals surface area contributed by atoms with Gasteiger partial charge in [0, 0.05) is 76.1 Å². The van der Waals surface area contributed by atoms with Crippen LogP contribution in [-0.4, -0.2) is 68.3 Å². The summed E-state index contributed by atoms with van der Waals surface area (Å²) in [5.74, 6) is 0.624. The smallest absolute Gasteiger partial charge is 0.163 e. The molecule has 0 unspecified atom stereocenters. The zero-order chi connectivity index (χ0) is 29.7. The van der Waals surface area contributed by atoms with Crippen LogP contribution in [0.15, 0.2) is 86.0 Å². The lowest BCUT2D eigenvalue weighted by Crippen LogP contribution is -2.09. The van der Waals surface area contributed by atoms with E-state index in [2.05, 4.69) is 9.97 Å². The Hall–Kier alpha value is -3.92. The van der Waals surface area contributed by atoms with Crippen molar-refractivity contribution in [1.29, 1.82) is 0 Å². The summed E-state index contributed by atoms with van der Waals surface area (Å²) in [6, 6.07) is 15.8. The Labute approximate surface area is 242 Å². The van der Waals surface area contributed by atoms with Crippen LogP contribution in [0.5, 0.6) is 0 Å². The number of ketones is 2. The number of aliphatic hydroxyl groups excluding tert-OH is 2. The molecule has 0 atom stereocenters. The standard InChI is InChI=1S/2C10H10O.C6H10N2O.C5H8N2O.CH4O/c2*11-10-7-3-5-8-4-1-2-6-9(8)10;1-9-5-4-8-3-2-7-6-8;8-4-3-7-2-1-6-5-7;1-2/h2*1-2,4,6H,3,5,7H2;2-3,6H,4-5H2,1H3;1-2,5,8H,3-4H2;2H,1H3. The molecule has 0 amide bonds. The highest BCUT2D eigenvalue weighted by Crippen LogP contribution is 2.20. The first-order valence-corrected chi connectivity index (χ1v) is 13.8. The summed E-state index contributed by atoms with van der Waals surface area (Å²) in [5.41, 5.74) is 4.34. The minimum atomic E-state index is 0.177. The summed E-state index contributed by atoms with van der Waals surface area (Å²) in [6.07, 6.45) is 16.3. The highest BCUT2D eigenvalue weighted by Gasteiger charge is 2.15. The van der Waals surface area contributed by atoms with Crippen molar-refractivity contribution in [3.63, 3.8) is 0 Å². The predicted molar refractivity (Wildman–Crippen MR) is 159 cm³/mol. The molecule has 0 saturated heterocycles. The van der Waals surface area contributed by atoms with E-state index in [0.29, 0.717) is 18.1 Å². The van der Waals surface area contributed by atoms with E-state index in [9.17, 15) is 9.59 Å². The molecule has 2 N–H and O–H groups in total. The van der Waals surface area contributed by atoms with Crippen molar-refractivity contribution in [1.82, 2.24) is 19.1 Å². The van der Waals surface area contributed by atoms with Crippen molar-refractivity contribution in [3.8, 4) is 0 Å². The molecule has 2 heterocycles. The molecular weight excluding hydrogens is 520 g/mol. The Morgan fingerprint density at radius 1 is 0.732 bits per heavy atom. The summed E-state index contributed by atoms with van der Waals surface area (Å²) in [7, 11) is 2.69. The lowest BCUT2D eigenvalue weighted by Gasteiger charge is -2.12. The van der Waals surface area contributed by atoms with Crippen LogP contribution in [0.4, 0.5) is 0 Å². The monoisotopic (exact) mass is 562 g/mol. The molecule has 2 aromatic heterocycles. The molecular formula is C32H42N4O5. The summed E-state index contributed by atoms with van der Waals surface area (Å²) in [6.45, 7) is 2.45. The van der Waals surface area contributed by atoms with Gasteiger partial charge in [-0.2, -0.15) is 0 Å². The van der Waals surface area contributed by atoms with Crippen molar-refractivity contribution in [3.05, 3.63) is 108 Å². The molecule has 9 nitrogen and oxygen atoms in total. The molecule has 0 radical (unpaired) electrons. The number of methoxy groups -OCH3 is 1. The van der Waals surface area contributed by atoms with Gasteiger partial charge in [0.1, 0.15) is 0 Å². The second-order valence-corrected chi connectivity index (χ2v) is 9.19. The molecule has 9 heteroatoms. The number of hydrogen-bond acceptors (Lipinski definition) is 7. The van der Waals surface area contributed by atoms with Crippen molar-refractivity contribution in [2.24, 2.45) is 0 Å².